The quantitative estimate of drug-likeness (QED) is 0.784. The van der Waals surface area contributed by atoms with Crippen molar-refractivity contribution < 1.29 is 0 Å². The minimum atomic E-state index is 0.856. The summed E-state index contributed by atoms with van der Waals surface area (Å²) in [5.74, 6) is 0. The lowest BCUT2D eigenvalue weighted by Gasteiger charge is -2.27. The van der Waals surface area contributed by atoms with Gasteiger partial charge in [-0.3, -0.25) is 0 Å². The minimum Gasteiger partial charge on any atom is -0.399 e. The Morgan fingerprint density at radius 2 is 2.00 bits per heavy atom. The highest BCUT2D eigenvalue weighted by Gasteiger charge is 2.13. The van der Waals surface area contributed by atoms with Crippen molar-refractivity contribution >= 4 is 11.4 Å². The highest BCUT2D eigenvalue weighted by molar-refractivity contribution is 5.55. The number of nitrogen functional groups attached to an aromatic ring is 1. The maximum absolute atomic E-state index is 5.87. The van der Waals surface area contributed by atoms with Crippen LogP contribution < -0.4 is 10.6 Å². The second kappa shape index (κ2) is 6.64. The molecule has 0 bridgehead atoms. The van der Waals surface area contributed by atoms with E-state index in [0.717, 1.165) is 18.8 Å². The largest absolute Gasteiger partial charge is 0.399 e. The Labute approximate surface area is 111 Å². The molecule has 2 N–H and O–H groups in total. The van der Waals surface area contributed by atoms with Crippen molar-refractivity contribution in [3.8, 4) is 0 Å². The number of benzene rings is 1. The first-order valence-corrected chi connectivity index (χ1v) is 7.12. The minimum absolute atomic E-state index is 0.856. The molecular weight excluding hydrogens is 222 g/mol. The molecule has 0 atom stereocenters. The van der Waals surface area contributed by atoms with Crippen molar-refractivity contribution in [3.63, 3.8) is 0 Å². The SMILES string of the molecule is CCCN(CCN1CCCC1)c1cccc(N)c1. The molecule has 1 aromatic carbocycles. The van der Waals surface area contributed by atoms with Crippen LogP contribution in [0.4, 0.5) is 11.4 Å². The summed E-state index contributed by atoms with van der Waals surface area (Å²) in [5, 5.41) is 0. The standard InChI is InChI=1S/C15H25N3/c1-2-8-18(12-11-17-9-3-4-10-17)15-7-5-6-14(16)13-15/h5-7,13H,2-4,8-12,16H2,1H3. The second-order valence-electron chi connectivity index (χ2n) is 5.13. The summed E-state index contributed by atoms with van der Waals surface area (Å²) in [7, 11) is 0. The fourth-order valence-electron chi connectivity index (χ4n) is 2.63. The van der Waals surface area contributed by atoms with Crippen LogP contribution in [0.5, 0.6) is 0 Å². The van der Waals surface area contributed by atoms with E-state index in [0.29, 0.717) is 0 Å². The number of hydrogen-bond donors (Lipinski definition) is 1. The average Bonchev–Trinajstić information content (AvgIpc) is 2.87. The molecule has 0 radical (unpaired) electrons. The van der Waals surface area contributed by atoms with Gasteiger partial charge in [0, 0.05) is 31.0 Å². The van der Waals surface area contributed by atoms with E-state index < -0.39 is 0 Å². The highest BCUT2D eigenvalue weighted by atomic mass is 15.2. The molecule has 0 aliphatic carbocycles. The summed E-state index contributed by atoms with van der Waals surface area (Å²) in [6.07, 6.45) is 3.91. The lowest BCUT2D eigenvalue weighted by molar-refractivity contribution is 0.344. The number of likely N-dealkylation sites (tertiary alicyclic amines) is 1. The first-order valence-electron chi connectivity index (χ1n) is 7.12. The lowest BCUT2D eigenvalue weighted by Crippen LogP contribution is -2.34. The van der Waals surface area contributed by atoms with Gasteiger partial charge in [0.25, 0.3) is 0 Å². The zero-order valence-electron chi connectivity index (χ0n) is 11.4. The molecule has 1 heterocycles. The molecule has 18 heavy (non-hydrogen) atoms. The maximum atomic E-state index is 5.87. The Morgan fingerprint density at radius 1 is 1.22 bits per heavy atom. The van der Waals surface area contributed by atoms with Crippen LogP contribution in [0, 0.1) is 0 Å². The number of nitrogens with zero attached hydrogens (tertiary/aromatic N) is 2. The first kappa shape index (κ1) is 13.2. The lowest BCUT2D eigenvalue weighted by atomic mass is 10.2. The van der Waals surface area contributed by atoms with Crippen molar-refractivity contribution in [1.82, 2.24) is 4.90 Å². The molecule has 2 rings (SSSR count). The third-order valence-corrected chi connectivity index (χ3v) is 3.61. The molecular formula is C15H25N3. The molecule has 1 aliphatic rings. The van der Waals surface area contributed by atoms with Gasteiger partial charge in [0.15, 0.2) is 0 Å². The third-order valence-electron chi connectivity index (χ3n) is 3.61. The number of nitrogens with two attached hydrogens (primary N) is 1. The van der Waals surface area contributed by atoms with Gasteiger partial charge in [0.05, 0.1) is 0 Å². The van der Waals surface area contributed by atoms with E-state index in [4.69, 9.17) is 5.73 Å². The van der Waals surface area contributed by atoms with E-state index in [-0.39, 0.29) is 0 Å². The smallest absolute Gasteiger partial charge is 0.0387 e. The number of anilines is 2. The van der Waals surface area contributed by atoms with Crippen molar-refractivity contribution in [2.24, 2.45) is 0 Å². The summed E-state index contributed by atoms with van der Waals surface area (Å²) in [6.45, 7) is 8.17. The Hall–Kier alpha value is -1.22. The fraction of sp³-hybridized carbons (Fsp3) is 0.600. The van der Waals surface area contributed by atoms with Crippen LogP contribution in [0.3, 0.4) is 0 Å². The Kier molecular flexibility index (Phi) is 4.88. The molecule has 0 saturated carbocycles. The summed E-state index contributed by atoms with van der Waals surface area (Å²) >= 11 is 0. The van der Waals surface area contributed by atoms with E-state index in [1.165, 1.54) is 44.6 Å². The van der Waals surface area contributed by atoms with E-state index in [1.807, 2.05) is 12.1 Å². The molecule has 1 aromatic rings. The Bertz CT molecular complexity index is 359. The summed E-state index contributed by atoms with van der Waals surface area (Å²) in [6, 6.07) is 8.24. The molecule has 1 fully saturated rings. The van der Waals surface area contributed by atoms with Crippen LogP contribution in [-0.4, -0.2) is 37.6 Å². The normalized spacial score (nSPS) is 16.1. The zero-order valence-corrected chi connectivity index (χ0v) is 11.4. The third kappa shape index (κ3) is 3.64. The molecule has 100 valence electrons. The molecule has 3 nitrogen and oxygen atoms in total. The van der Waals surface area contributed by atoms with Gasteiger partial charge in [-0.05, 0) is 50.6 Å². The van der Waals surface area contributed by atoms with Crippen LogP contribution in [-0.2, 0) is 0 Å². The van der Waals surface area contributed by atoms with Gasteiger partial charge in [-0.25, -0.2) is 0 Å². The second-order valence-corrected chi connectivity index (χ2v) is 5.13. The van der Waals surface area contributed by atoms with Gasteiger partial charge in [0.1, 0.15) is 0 Å². The van der Waals surface area contributed by atoms with Crippen LogP contribution in [0.25, 0.3) is 0 Å². The predicted molar refractivity (Wildman–Crippen MR) is 79.0 cm³/mol. The molecule has 0 spiro atoms. The molecule has 0 unspecified atom stereocenters. The van der Waals surface area contributed by atoms with Crippen LogP contribution in [0.15, 0.2) is 24.3 Å². The van der Waals surface area contributed by atoms with E-state index in [2.05, 4.69) is 28.9 Å². The van der Waals surface area contributed by atoms with Crippen molar-refractivity contribution in [2.45, 2.75) is 26.2 Å². The zero-order chi connectivity index (χ0) is 12.8. The van der Waals surface area contributed by atoms with Crippen LogP contribution in [0.2, 0.25) is 0 Å². The summed E-state index contributed by atoms with van der Waals surface area (Å²) in [5.41, 5.74) is 7.99. The number of rotatable bonds is 6. The molecule has 3 heteroatoms. The van der Waals surface area contributed by atoms with E-state index >= 15 is 0 Å². The van der Waals surface area contributed by atoms with Crippen LogP contribution in [0.1, 0.15) is 26.2 Å². The summed E-state index contributed by atoms with van der Waals surface area (Å²) in [4.78, 5) is 5.02. The summed E-state index contributed by atoms with van der Waals surface area (Å²) < 4.78 is 0. The van der Waals surface area contributed by atoms with Crippen molar-refractivity contribution in [2.75, 3.05) is 43.4 Å². The monoisotopic (exact) mass is 247 g/mol. The maximum Gasteiger partial charge on any atom is 0.0387 e. The van der Waals surface area contributed by atoms with Gasteiger partial charge in [-0.15, -0.1) is 0 Å². The van der Waals surface area contributed by atoms with Gasteiger partial charge >= 0.3 is 0 Å². The topological polar surface area (TPSA) is 32.5 Å². The Morgan fingerprint density at radius 3 is 2.67 bits per heavy atom. The molecule has 1 saturated heterocycles. The van der Waals surface area contributed by atoms with Gasteiger partial charge in [0.2, 0.25) is 0 Å². The van der Waals surface area contributed by atoms with E-state index in [9.17, 15) is 0 Å². The molecule has 0 aromatic heterocycles. The fourth-order valence-corrected chi connectivity index (χ4v) is 2.63. The first-order chi connectivity index (χ1) is 8.79. The van der Waals surface area contributed by atoms with Gasteiger partial charge in [-0.1, -0.05) is 13.0 Å². The van der Waals surface area contributed by atoms with Gasteiger partial charge in [-0.2, -0.15) is 0 Å². The molecule has 1 aliphatic heterocycles. The average molecular weight is 247 g/mol. The van der Waals surface area contributed by atoms with Crippen LogP contribution >= 0.6 is 0 Å². The predicted octanol–water partition coefficient (Wildman–Crippen LogP) is 2.58. The van der Waals surface area contributed by atoms with E-state index in [1.54, 1.807) is 0 Å². The van der Waals surface area contributed by atoms with Crippen molar-refractivity contribution in [1.29, 1.82) is 0 Å². The number of hydrogen-bond acceptors (Lipinski definition) is 3. The van der Waals surface area contributed by atoms with Crippen molar-refractivity contribution in [3.05, 3.63) is 24.3 Å². The highest BCUT2D eigenvalue weighted by Crippen LogP contribution is 2.18. The Balaban J connectivity index is 1.94. The molecule has 0 amide bonds. The van der Waals surface area contributed by atoms with Gasteiger partial charge < -0.3 is 15.5 Å².